The lowest BCUT2D eigenvalue weighted by atomic mass is 10.4. The number of hydrogen-bond acceptors (Lipinski definition) is 2. The van der Waals surface area contributed by atoms with Crippen LogP contribution in [0.5, 0.6) is 0 Å². The molecule has 0 saturated heterocycles. The van der Waals surface area contributed by atoms with E-state index in [1.54, 1.807) is 10.0 Å². The van der Waals surface area contributed by atoms with Crippen molar-refractivity contribution in [3.8, 4) is 0 Å². The van der Waals surface area contributed by atoms with Crippen molar-refractivity contribution in [2.45, 2.75) is 19.9 Å². The van der Waals surface area contributed by atoms with Crippen molar-refractivity contribution in [3.63, 3.8) is 0 Å². The Kier molecular flexibility index (Phi) is 1.71. The van der Waals surface area contributed by atoms with Gasteiger partial charge in [-0.1, -0.05) is 11.5 Å². The third-order valence-electron chi connectivity index (χ3n) is 1.07. The van der Waals surface area contributed by atoms with Gasteiger partial charge in [0.05, 0.1) is 0 Å². The summed E-state index contributed by atoms with van der Waals surface area (Å²) >= 11 is 1.46. The zero-order valence-electron chi connectivity index (χ0n) is 5.50. The molecular weight excluding hydrogens is 134 g/mol. The van der Waals surface area contributed by atoms with Gasteiger partial charge in [0.1, 0.15) is 0 Å². The van der Waals surface area contributed by atoms with Crippen LogP contribution in [-0.2, 0) is 0 Å². The molecule has 0 amide bonds. The Bertz CT molecular complexity index is 235. The predicted octanol–water partition coefficient (Wildman–Crippen LogP) is 1.49. The van der Waals surface area contributed by atoms with E-state index in [0.29, 0.717) is 6.04 Å². The molecule has 1 aromatic rings. The lowest BCUT2D eigenvalue weighted by Crippen LogP contribution is -2.13. The van der Waals surface area contributed by atoms with Crippen molar-refractivity contribution >= 4 is 11.5 Å². The Hall–Kier alpha value is -0.570. The molecule has 0 aliphatic rings. The standard InChI is InChI=1S/C6H9NOS/c1-5(2)7-6(8)3-4-9-7/h3-5H,1-2H3. The van der Waals surface area contributed by atoms with Gasteiger partial charge in [-0.3, -0.25) is 8.75 Å². The minimum absolute atomic E-state index is 0.106. The molecule has 0 fully saturated rings. The number of nitrogens with zero attached hydrogens (tertiary/aromatic N) is 1. The van der Waals surface area contributed by atoms with Crippen molar-refractivity contribution in [1.29, 1.82) is 0 Å². The average molecular weight is 143 g/mol. The molecular formula is C6H9NOS. The van der Waals surface area contributed by atoms with Crippen LogP contribution in [0.15, 0.2) is 16.2 Å². The molecule has 1 aromatic heterocycles. The van der Waals surface area contributed by atoms with Crippen molar-refractivity contribution in [3.05, 3.63) is 21.8 Å². The van der Waals surface area contributed by atoms with Gasteiger partial charge >= 0.3 is 0 Å². The summed E-state index contributed by atoms with van der Waals surface area (Å²) < 4.78 is 1.74. The first-order valence-corrected chi connectivity index (χ1v) is 3.72. The van der Waals surface area contributed by atoms with Gasteiger partial charge < -0.3 is 0 Å². The van der Waals surface area contributed by atoms with E-state index in [1.807, 2.05) is 19.2 Å². The molecule has 0 aliphatic heterocycles. The maximum absolute atomic E-state index is 10.8. The van der Waals surface area contributed by atoms with Crippen LogP contribution in [0, 0.1) is 0 Å². The first-order chi connectivity index (χ1) is 4.22. The zero-order chi connectivity index (χ0) is 6.85. The van der Waals surface area contributed by atoms with Crippen molar-refractivity contribution < 1.29 is 0 Å². The van der Waals surface area contributed by atoms with Gasteiger partial charge in [-0.15, -0.1) is 0 Å². The highest BCUT2D eigenvalue weighted by Crippen LogP contribution is 2.03. The third kappa shape index (κ3) is 1.21. The average Bonchev–Trinajstić information content (AvgIpc) is 2.13. The van der Waals surface area contributed by atoms with Crippen LogP contribution in [-0.4, -0.2) is 3.96 Å². The van der Waals surface area contributed by atoms with Crippen LogP contribution in [0.25, 0.3) is 0 Å². The second-order valence-electron chi connectivity index (χ2n) is 2.17. The Morgan fingerprint density at radius 3 is 2.56 bits per heavy atom. The smallest absolute Gasteiger partial charge is 0.260 e. The minimum Gasteiger partial charge on any atom is -0.268 e. The highest BCUT2D eigenvalue weighted by molar-refractivity contribution is 7.04. The van der Waals surface area contributed by atoms with E-state index in [4.69, 9.17) is 0 Å². The van der Waals surface area contributed by atoms with Gasteiger partial charge in [0.25, 0.3) is 5.56 Å². The summed E-state index contributed by atoms with van der Waals surface area (Å²) in [6.07, 6.45) is 0. The number of hydrogen-bond donors (Lipinski definition) is 0. The van der Waals surface area contributed by atoms with E-state index in [1.165, 1.54) is 11.5 Å². The zero-order valence-corrected chi connectivity index (χ0v) is 6.31. The lowest BCUT2D eigenvalue weighted by molar-refractivity contribution is 0.633. The molecule has 0 atom stereocenters. The van der Waals surface area contributed by atoms with E-state index in [2.05, 4.69) is 0 Å². The maximum atomic E-state index is 10.8. The molecule has 2 nitrogen and oxygen atoms in total. The van der Waals surface area contributed by atoms with Crippen LogP contribution in [0.2, 0.25) is 0 Å². The van der Waals surface area contributed by atoms with Crippen LogP contribution in [0.3, 0.4) is 0 Å². The normalized spacial score (nSPS) is 10.6. The van der Waals surface area contributed by atoms with E-state index >= 15 is 0 Å². The molecule has 0 aromatic carbocycles. The fourth-order valence-electron chi connectivity index (χ4n) is 0.656. The van der Waals surface area contributed by atoms with Crippen molar-refractivity contribution in [2.24, 2.45) is 0 Å². The molecule has 1 heterocycles. The molecule has 1 rings (SSSR count). The largest absolute Gasteiger partial charge is 0.268 e. The van der Waals surface area contributed by atoms with Gasteiger partial charge in [0.15, 0.2) is 0 Å². The van der Waals surface area contributed by atoms with Crippen molar-refractivity contribution in [2.75, 3.05) is 0 Å². The molecule has 50 valence electrons. The molecule has 9 heavy (non-hydrogen) atoms. The van der Waals surface area contributed by atoms with E-state index in [0.717, 1.165) is 0 Å². The molecule has 0 bridgehead atoms. The fourth-order valence-corrected chi connectivity index (χ4v) is 1.37. The summed E-state index contributed by atoms with van der Waals surface area (Å²) in [6.45, 7) is 4.00. The Morgan fingerprint density at radius 2 is 2.33 bits per heavy atom. The minimum atomic E-state index is 0.106. The summed E-state index contributed by atoms with van der Waals surface area (Å²) in [5.74, 6) is 0. The lowest BCUT2D eigenvalue weighted by Gasteiger charge is -2.01. The summed E-state index contributed by atoms with van der Waals surface area (Å²) in [5.41, 5.74) is 0.106. The first-order valence-electron chi connectivity index (χ1n) is 2.88. The molecule has 0 N–H and O–H groups in total. The van der Waals surface area contributed by atoms with Gasteiger partial charge in [0.2, 0.25) is 0 Å². The maximum Gasteiger partial charge on any atom is 0.260 e. The van der Waals surface area contributed by atoms with Crippen LogP contribution >= 0.6 is 11.5 Å². The number of rotatable bonds is 1. The van der Waals surface area contributed by atoms with E-state index in [-0.39, 0.29) is 5.56 Å². The van der Waals surface area contributed by atoms with Gasteiger partial charge in [0, 0.05) is 17.5 Å². The van der Waals surface area contributed by atoms with Crippen molar-refractivity contribution in [1.82, 2.24) is 3.96 Å². The molecule has 0 radical (unpaired) electrons. The summed E-state index contributed by atoms with van der Waals surface area (Å²) in [7, 11) is 0. The van der Waals surface area contributed by atoms with Gasteiger partial charge in [-0.05, 0) is 13.8 Å². The molecule has 3 heteroatoms. The summed E-state index contributed by atoms with van der Waals surface area (Å²) in [4.78, 5) is 10.8. The molecule has 0 aliphatic carbocycles. The van der Waals surface area contributed by atoms with Gasteiger partial charge in [-0.2, -0.15) is 0 Å². The van der Waals surface area contributed by atoms with Gasteiger partial charge in [-0.25, -0.2) is 0 Å². The molecule has 0 saturated carbocycles. The van der Waals surface area contributed by atoms with Crippen LogP contribution < -0.4 is 5.56 Å². The Morgan fingerprint density at radius 1 is 1.67 bits per heavy atom. The Balaban J connectivity index is 3.08. The third-order valence-corrected chi connectivity index (χ3v) is 2.16. The van der Waals surface area contributed by atoms with Crippen LogP contribution in [0.4, 0.5) is 0 Å². The van der Waals surface area contributed by atoms with E-state index < -0.39 is 0 Å². The van der Waals surface area contributed by atoms with Crippen LogP contribution in [0.1, 0.15) is 19.9 Å². The highest BCUT2D eigenvalue weighted by Gasteiger charge is 1.98. The Labute approximate surface area is 57.9 Å². The van der Waals surface area contributed by atoms with E-state index in [9.17, 15) is 4.79 Å². The fraction of sp³-hybridized carbons (Fsp3) is 0.500. The highest BCUT2D eigenvalue weighted by atomic mass is 32.1. The second-order valence-corrected chi connectivity index (χ2v) is 3.04. The topological polar surface area (TPSA) is 22.0 Å². The molecule has 0 unspecified atom stereocenters. The SMILES string of the molecule is CC(C)n1sccc1=O. The summed E-state index contributed by atoms with van der Waals surface area (Å²) in [6, 6.07) is 1.89. The predicted molar refractivity (Wildman–Crippen MR) is 39.0 cm³/mol. The number of aromatic nitrogens is 1. The summed E-state index contributed by atoms with van der Waals surface area (Å²) in [5, 5.41) is 1.81. The molecule has 0 spiro atoms. The monoisotopic (exact) mass is 143 g/mol. The first kappa shape index (κ1) is 6.55. The second kappa shape index (κ2) is 2.35. The quantitative estimate of drug-likeness (QED) is 0.583.